The summed E-state index contributed by atoms with van der Waals surface area (Å²) in [5.41, 5.74) is 5.71. The molecule has 1 aliphatic heterocycles. The van der Waals surface area contributed by atoms with Crippen LogP contribution in [0.15, 0.2) is 0 Å². The molecular formula is C8H13NO2. The standard InChI is InChI=1S/C8H13NO2/c1-2-3-7(9)8-6-10-4-5-11-8/h1,7-8H,3-6,9H2. The normalized spacial score (nSPS) is 27.5. The number of rotatable bonds is 2. The molecule has 11 heavy (non-hydrogen) atoms. The Balaban J connectivity index is 2.27. The van der Waals surface area contributed by atoms with Crippen molar-refractivity contribution in [2.24, 2.45) is 5.73 Å². The molecule has 1 heterocycles. The van der Waals surface area contributed by atoms with E-state index in [1.807, 2.05) is 0 Å². The van der Waals surface area contributed by atoms with Gasteiger partial charge in [0.1, 0.15) is 0 Å². The summed E-state index contributed by atoms with van der Waals surface area (Å²) in [6.07, 6.45) is 5.65. The van der Waals surface area contributed by atoms with Gasteiger partial charge in [-0.25, -0.2) is 0 Å². The Labute approximate surface area is 66.9 Å². The molecule has 0 aromatic heterocycles. The molecule has 0 aromatic carbocycles. The zero-order chi connectivity index (χ0) is 8.10. The van der Waals surface area contributed by atoms with Gasteiger partial charge in [-0.1, -0.05) is 0 Å². The predicted octanol–water partition coefficient (Wildman–Crippen LogP) is -0.248. The van der Waals surface area contributed by atoms with Crippen LogP contribution in [-0.4, -0.2) is 32.0 Å². The molecule has 2 N–H and O–H groups in total. The third-order valence-corrected chi connectivity index (χ3v) is 1.67. The fraction of sp³-hybridized carbons (Fsp3) is 0.750. The Kier molecular flexibility index (Phi) is 3.37. The lowest BCUT2D eigenvalue weighted by atomic mass is 10.1. The maximum absolute atomic E-state index is 5.71. The van der Waals surface area contributed by atoms with E-state index in [4.69, 9.17) is 21.6 Å². The van der Waals surface area contributed by atoms with Crippen molar-refractivity contribution in [3.05, 3.63) is 0 Å². The van der Waals surface area contributed by atoms with Crippen LogP contribution in [0.4, 0.5) is 0 Å². The molecule has 0 bridgehead atoms. The second kappa shape index (κ2) is 4.35. The fourth-order valence-electron chi connectivity index (χ4n) is 1.02. The van der Waals surface area contributed by atoms with Gasteiger partial charge in [0, 0.05) is 12.5 Å². The summed E-state index contributed by atoms with van der Waals surface area (Å²) in [7, 11) is 0. The predicted molar refractivity (Wildman–Crippen MR) is 42.0 cm³/mol. The van der Waals surface area contributed by atoms with E-state index in [0.29, 0.717) is 26.2 Å². The van der Waals surface area contributed by atoms with Crippen molar-refractivity contribution < 1.29 is 9.47 Å². The van der Waals surface area contributed by atoms with E-state index >= 15 is 0 Å². The molecule has 0 aliphatic carbocycles. The molecule has 2 unspecified atom stereocenters. The quantitative estimate of drug-likeness (QED) is 0.559. The van der Waals surface area contributed by atoms with Crippen LogP contribution in [0, 0.1) is 12.3 Å². The van der Waals surface area contributed by atoms with Crippen molar-refractivity contribution in [1.29, 1.82) is 0 Å². The molecular weight excluding hydrogens is 142 g/mol. The average Bonchev–Trinajstić information content (AvgIpc) is 2.07. The van der Waals surface area contributed by atoms with E-state index in [0.717, 1.165) is 0 Å². The van der Waals surface area contributed by atoms with Crippen molar-refractivity contribution in [1.82, 2.24) is 0 Å². The number of nitrogens with two attached hydrogens (primary N) is 1. The van der Waals surface area contributed by atoms with Crippen LogP contribution in [0.25, 0.3) is 0 Å². The van der Waals surface area contributed by atoms with Gasteiger partial charge in [0.15, 0.2) is 0 Å². The molecule has 0 spiro atoms. The van der Waals surface area contributed by atoms with Crippen molar-refractivity contribution in [3.63, 3.8) is 0 Å². The summed E-state index contributed by atoms with van der Waals surface area (Å²) < 4.78 is 10.5. The molecule has 1 saturated heterocycles. The number of ether oxygens (including phenoxy) is 2. The minimum absolute atomic E-state index is 0.0141. The first-order chi connectivity index (χ1) is 5.34. The molecule has 1 fully saturated rings. The van der Waals surface area contributed by atoms with Crippen LogP contribution in [0.2, 0.25) is 0 Å². The third kappa shape index (κ3) is 2.51. The van der Waals surface area contributed by atoms with Gasteiger partial charge in [0.05, 0.1) is 25.9 Å². The average molecular weight is 155 g/mol. The first kappa shape index (κ1) is 8.54. The maximum Gasteiger partial charge on any atom is 0.0969 e. The van der Waals surface area contributed by atoms with Crippen LogP contribution in [0.1, 0.15) is 6.42 Å². The van der Waals surface area contributed by atoms with Crippen LogP contribution < -0.4 is 5.73 Å². The van der Waals surface area contributed by atoms with Gasteiger partial charge in [-0.15, -0.1) is 12.3 Å². The zero-order valence-electron chi connectivity index (χ0n) is 6.45. The number of hydrogen-bond acceptors (Lipinski definition) is 3. The van der Waals surface area contributed by atoms with E-state index in [1.54, 1.807) is 0 Å². The topological polar surface area (TPSA) is 44.5 Å². The highest BCUT2D eigenvalue weighted by molar-refractivity contribution is 4.91. The minimum Gasteiger partial charge on any atom is -0.376 e. The molecule has 62 valence electrons. The third-order valence-electron chi connectivity index (χ3n) is 1.67. The molecule has 1 rings (SSSR count). The van der Waals surface area contributed by atoms with E-state index < -0.39 is 0 Å². The van der Waals surface area contributed by atoms with Gasteiger partial charge in [-0.3, -0.25) is 0 Å². The second-order valence-electron chi connectivity index (χ2n) is 2.56. The van der Waals surface area contributed by atoms with Crippen molar-refractivity contribution in [2.75, 3.05) is 19.8 Å². The SMILES string of the molecule is C#CCC(N)C1COCCO1. The lowest BCUT2D eigenvalue weighted by molar-refractivity contribution is -0.0962. The summed E-state index contributed by atoms with van der Waals surface area (Å²) in [4.78, 5) is 0. The Morgan fingerprint density at radius 3 is 3.00 bits per heavy atom. The van der Waals surface area contributed by atoms with Crippen molar-refractivity contribution in [3.8, 4) is 12.3 Å². The molecule has 3 heteroatoms. The highest BCUT2D eigenvalue weighted by Crippen LogP contribution is 2.05. The Morgan fingerprint density at radius 2 is 2.45 bits per heavy atom. The molecule has 0 radical (unpaired) electrons. The first-order valence-corrected chi connectivity index (χ1v) is 3.73. The summed E-state index contributed by atoms with van der Waals surface area (Å²) in [5.74, 6) is 2.50. The van der Waals surface area contributed by atoms with Crippen LogP contribution >= 0.6 is 0 Å². The van der Waals surface area contributed by atoms with Gasteiger partial charge in [-0.2, -0.15) is 0 Å². The van der Waals surface area contributed by atoms with Crippen LogP contribution in [0.5, 0.6) is 0 Å². The largest absolute Gasteiger partial charge is 0.376 e. The Hall–Kier alpha value is -0.560. The molecule has 3 nitrogen and oxygen atoms in total. The van der Waals surface area contributed by atoms with Gasteiger partial charge in [0.2, 0.25) is 0 Å². The molecule has 2 atom stereocenters. The highest BCUT2D eigenvalue weighted by atomic mass is 16.6. The van der Waals surface area contributed by atoms with Gasteiger partial charge in [0.25, 0.3) is 0 Å². The second-order valence-corrected chi connectivity index (χ2v) is 2.56. The van der Waals surface area contributed by atoms with Gasteiger partial charge in [-0.05, 0) is 0 Å². The smallest absolute Gasteiger partial charge is 0.0969 e. The van der Waals surface area contributed by atoms with E-state index in [1.165, 1.54) is 0 Å². The van der Waals surface area contributed by atoms with Crippen molar-refractivity contribution in [2.45, 2.75) is 18.6 Å². The first-order valence-electron chi connectivity index (χ1n) is 3.73. The Bertz CT molecular complexity index is 147. The minimum atomic E-state index is -0.0831. The molecule has 0 saturated carbocycles. The maximum atomic E-state index is 5.71. The molecule has 1 aliphatic rings. The molecule has 0 aromatic rings. The van der Waals surface area contributed by atoms with Crippen molar-refractivity contribution >= 4 is 0 Å². The van der Waals surface area contributed by atoms with E-state index in [2.05, 4.69) is 5.92 Å². The van der Waals surface area contributed by atoms with E-state index in [9.17, 15) is 0 Å². The van der Waals surface area contributed by atoms with Gasteiger partial charge >= 0.3 is 0 Å². The van der Waals surface area contributed by atoms with Crippen LogP contribution in [0.3, 0.4) is 0 Å². The lowest BCUT2D eigenvalue weighted by Crippen LogP contribution is -2.43. The number of terminal acetylenes is 1. The summed E-state index contributed by atoms with van der Waals surface area (Å²) in [5, 5.41) is 0. The summed E-state index contributed by atoms with van der Waals surface area (Å²) in [6.45, 7) is 1.87. The van der Waals surface area contributed by atoms with Crippen LogP contribution in [-0.2, 0) is 9.47 Å². The Morgan fingerprint density at radius 1 is 1.64 bits per heavy atom. The molecule has 0 amide bonds. The summed E-state index contributed by atoms with van der Waals surface area (Å²) in [6, 6.07) is -0.0831. The lowest BCUT2D eigenvalue weighted by Gasteiger charge is -2.26. The number of hydrogen-bond donors (Lipinski definition) is 1. The van der Waals surface area contributed by atoms with E-state index in [-0.39, 0.29) is 12.1 Å². The highest BCUT2D eigenvalue weighted by Gasteiger charge is 2.20. The fourth-order valence-corrected chi connectivity index (χ4v) is 1.02. The monoisotopic (exact) mass is 155 g/mol. The van der Waals surface area contributed by atoms with Gasteiger partial charge < -0.3 is 15.2 Å². The summed E-state index contributed by atoms with van der Waals surface area (Å²) >= 11 is 0. The zero-order valence-corrected chi connectivity index (χ0v) is 6.45.